The number of para-hydroxylation sites is 2. The Bertz CT molecular complexity index is 2810. The van der Waals surface area contributed by atoms with E-state index in [0.29, 0.717) is 0 Å². The van der Waals surface area contributed by atoms with E-state index in [1.165, 1.54) is 82.7 Å². The molecule has 0 spiro atoms. The Labute approximate surface area is 290 Å². The fourth-order valence-electron chi connectivity index (χ4n) is 7.80. The van der Waals surface area contributed by atoms with Crippen molar-refractivity contribution in [1.29, 1.82) is 0 Å². The van der Waals surface area contributed by atoms with Gasteiger partial charge in [-0.15, -0.1) is 0 Å². The molecule has 0 fully saturated rings. The lowest BCUT2D eigenvalue weighted by Gasteiger charge is -2.11. The third-order valence-electron chi connectivity index (χ3n) is 10.1. The van der Waals surface area contributed by atoms with Crippen molar-refractivity contribution < 1.29 is 0 Å². The number of benzene rings is 8. The summed E-state index contributed by atoms with van der Waals surface area (Å²) < 4.78 is 4.86. The summed E-state index contributed by atoms with van der Waals surface area (Å²) in [5, 5.41) is 5.08. The zero-order chi connectivity index (χ0) is 33.0. The number of hydrogen-bond acceptors (Lipinski definition) is 0. The topological polar surface area (TPSA) is 9.86 Å². The highest BCUT2D eigenvalue weighted by molar-refractivity contribution is 6.29. The molecule has 0 radical (unpaired) electrons. The fourth-order valence-corrected chi connectivity index (χ4v) is 7.80. The molecular weight excluding hydrogens is 605 g/mol. The predicted molar refractivity (Wildman–Crippen MR) is 211 cm³/mol. The van der Waals surface area contributed by atoms with Gasteiger partial charge in [0.1, 0.15) is 0 Å². The molecule has 10 rings (SSSR count). The van der Waals surface area contributed by atoms with Crippen LogP contribution in [-0.2, 0) is 0 Å². The minimum Gasteiger partial charge on any atom is -0.309 e. The van der Waals surface area contributed by atoms with E-state index < -0.39 is 0 Å². The first-order valence-corrected chi connectivity index (χ1v) is 17.2. The van der Waals surface area contributed by atoms with E-state index >= 15 is 0 Å². The van der Waals surface area contributed by atoms with Crippen molar-refractivity contribution in [1.82, 2.24) is 9.13 Å². The third kappa shape index (κ3) is 4.50. The zero-order valence-corrected chi connectivity index (χ0v) is 27.4. The molecule has 50 heavy (non-hydrogen) atoms. The van der Waals surface area contributed by atoms with Gasteiger partial charge in [0, 0.05) is 32.9 Å². The van der Waals surface area contributed by atoms with Gasteiger partial charge in [0.05, 0.1) is 22.1 Å². The molecule has 0 aliphatic carbocycles. The summed E-state index contributed by atoms with van der Waals surface area (Å²) in [5.74, 6) is 0. The summed E-state index contributed by atoms with van der Waals surface area (Å²) in [5.41, 5.74) is 14.4. The Balaban J connectivity index is 1.20. The zero-order valence-electron chi connectivity index (χ0n) is 27.4. The van der Waals surface area contributed by atoms with Gasteiger partial charge in [-0.05, 0) is 81.9 Å². The molecule has 0 bridgehead atoms. The number of rotatable bonds is 5. The summed E-state index contributed by atoms with van der Waals surface area (Å²) >= 11 is 0. The van der Waals surface area contributed by atoms with Crippen LogP contribution in [0.3, 0.4) is 0 Å². The molecule has 2 aromatic heterocycles. The van der Waals surface area contributed by atoms with Gasteiger partial charge in [-0.2, -0.15) is 0 Å². The Morgan fingerprint density at radius 1 is 0.240 bits per heavy atom. The van der Waals surface area contributed by atoms with Crippen molar-refractivity contribution in [3.63, 3.8) is 0 Å². The number of fused-ring (bicyclic) bond motifs is 7. The largest absolute Gasteiger partial charge is 0.309 e. The lowest BCUT2D eigenvalue weighted by Crippen LogP contribution is -1.95. The molecule has 0 N–H and O–H groups in total. The molecular formula is C48H32N2. The van der Waals surface area contributed by atoms with Crippen molar-refractivity contribution in [3.8, 4) is 44.8 Å². The molecule has 2 heteroatoms. The number of aromatic nitrogens is 2. The molecule has 2 heterocycles. The molecule has 0 amide bonds. The van der Waals surface area contributed by atoms with Crippen LogP contribution in [0.1, 0.15) is 0 Å². The maximum Gasteiger partial charge on any atom is 0.0548 e. The van der Waals surface area contributed by atoms with Crippen LogP contribution in [0, 0.1) is 0 Å². The van der Waals surface area contributed by atoms with E-state index in [1.807, 2.05) is 0 Å². The van der Waals surface area contributed by atoms with Crippen LogP contribution in [0.25, 0.3) is 88.4 Å². The van der Waals surface area contributed by atoms with Crippen molar-refractivity contribution in [2.75, 3.05) is 0 Å². The summed E-state index contributed by atoms with van der Waals surface area (Å²) in [6.07, 6.45) is 0. The molecule has 0 aliphatic heterocycles. The summed E-state index contributed by atoms with van der Waals surface area (Å²) in [4.78, 5) is 0. The molecule has 0 saturated heterocycles. The van der Waals surface area contributed by atoms with E-state index in [0.717, 1.165) is 5.69 Å². The molecule has 0 atom stereocenters. The van der Waals surface area contributed by atoms with Crippen LogP contribution in [-0.4, -0.2) is 9.13 Å². The van der Waals surface area contributed by atoms with Crippen LogP contribution < -0.4 is 0 Å². The standard InChI is InChI=1S/C48H32N2/c1-4-12-33(13-5-1)35-20-22-36(23-21-35)37-24-27-40(28-25-37)50-45-31-30-44-47(41-18-10-11-19-43(41)49(44)39-16-8-3-9-17-39)48(45)42-29-26-38(32-46(42)50)34-14-6-2-7-15-34/h1-32H. The highest BCUT2D eigenvalue weighted by atomic mass is 15.0. The second kappa shape index (κ2) is 11.5. The lowest BCUT2D eigenvalue weighted by molar-refractivity contribution is 1.17. The van der Waals surface area contributed by atoms with Crippen LogP contribution in [0.15, 0.2) is 194 Å². The van der Waals surface area contributed by atoms with E-state index in [-0.39, 0.29) is 0 Å². The smallest absolute Gasteiger partial charge is 0.0548 e. The second-order valence-corrected chi connectivity index (χ2v) is 13.0. The highest BCUT2D eigenvalue weighted by Gasteiger charge is 2.21. The minimum atomic E-state index is 1.14. The van der Waals surface area contributed by atoms with Gasteiger partial charge in [0.25, 0.3) is 0 Å². The van der Waals surface area contributed by atoms with Gasteiger partial charge in [-0.3, -0.25) is 0 Å². The Kier molecular flexibility index (Phi) is 6.53. The Hall–Kier alpha value is -6.64. The quantitative estimate of drug-likeness (QED) is 0.178. The van der Waals surface area contributed by atoms with E-state index in [1.54, 1.807) is 0 Å². The highest BCUT2D eigenvalue weighted by Crippen LogP contribution is 2.43. The molecule has 0 saturated carbocycles. The van der Waals surface area contributed by atoms with Crippen molar-refractivity contribution in [2.45, 2.75) is 0 Å². The van der Waals surface area contributed by atoms with E-state index in [4.69, 9.17) is 0 Å². The second-order valence-electron chi connectivity index (χ2n) is 13.0. The van der Waals surface area contributed by atoms with Crippen molar-refractivity contribution in [3.05, 3.63) is 194 Å². The lowest BCUT2D eigenvalue weighted by atomic mass is 10.0. The molecule has 234 valence electrons. The molecule has 2 nitrogen and oxygen atoms in total. The SMILES string of the molecule is c1ccc(-c2ccc(-c3ccc(-n4c5cc(-c6ccccc6)ccc5c5c6c7ccccc7n(-c7ccccc7)c6ccc54)cc3)cc2)cc1. The fraction of sp³-hybridized carbons (Fsp3) is 0. The first kappa shape index (κ1) is 28.4. The third-order valence-corrected chi connectivity index (χ3v) is 10.1. The van der Waals surface area contributed by atoms with E-state index in [9.17, 15) is 0 Å². The van der Waals surface area contributed by atoms with E-state index in [2.05, 4.69) is 203 Å². The van der Waals surface area contributed by atoms with Crippen molar-refractivity contribution in [2.24, 2.45) is 0 Å². The van der Waals surface area contributed by atoms with Gasteiger partial charge in [0.2, 0.25) is 0 Å². The first-order valence-electron chi connectivity index (χ1n) is 17.2. The molecule has 10 aromatic rings. The first-order chi connectivity index (χ1) is 24.8. The number of hydrogen-bond donors (Lipinski definition) is 0. The van der Waals surface area contributed by atoms with Crippen LogP contribution in [0.4, 0.5) is 0 Å². The summed E-state index contributed by atoms with van der Waals surface area (Å²) in [6, 6.07) is 70.3. The Morgan fingerprint density at radius 3 is 1.24 bits per heavy atom. The van der Waals surface area contributed by atoms with Crippen molar-refractivity contribution >= 4 is 43.6 Å². The molecule has 8 aromatic carbocycles. The van der Waals surface area contributed by atoms with Gasteiger partial charge in [-0.1, -0.05) is 146 Å². The summed E-state index contributed by atoms with van der Waals surface area (Å²) in [7, 11) is 0. The molecule has 0 aliphatic rings. The normalized spacial score (nSPS) is 11.6. The van der Waals surface area contributed by atoms with Crippen LogP contribution >= 0.6 is 0 Å². The predicted octanol–water partition coefficient (Wildman–Crippen LogP) is 12.9. The monoisotopic (exact) mass is 636 g/mol. The maximum absolute atomic E-state index is 2.45. The van der Waals surface area contributed by atoms with Gasteiger partial charge in [0.15, 0.2) is 0 Å². The minimum absolute atomic E-state index is 1.14. The average molecular weight is 637 g/mol. The van der Waals surface area contributed by atoms with Gasteiger partial charge in [-0.25, -0.2) is 0 Å². The maximum atomic E-state index is 2.45. The summed E-state index contributed by atoms with van der Waals surface area (Å²) in [6.45, 7) is 0. The van der Waals surface area contributed by atoms with Gasteiger partial charge < -0.3 is 9.13 Å². The van der Waals surface area contributed by atoms with Crippen LogP contribution in [0.2, 0.25) is 0 Å². The van der Waals surface area contributed by atoms with Gasteiger partial charge >= 0.3 is 0 Å². The Morgan fingerprint density at radius 2 is 0.640 bits per heavy atom. The number of nitrogens with zero attached hydrogens (tertiary/aromatic N) is 2. The molecule has 0 unspecified atom stereocenters. The average Bonchev–Trinajstić information content (AvgIpc) is 3.71. The van der Waals surface area contributed by atoms with Crippen LogP contribution in [0.5, 0.6) is 0 Å².